The lowest BCUT2D eigenvalue weighted by Gasteiger charge is -2.34. The molecule has 0 spiro atoms. The third-order valence-electron chi connectivity index (χ3n) is 4.34. The third-order valence-corrected chi connectivity index (χ3v) is 4.95. The molecule has 0 saturated carbocycles. The second-order valence-electron chi connectivity index (χ2n) is 5.76. The third kappa shape index (κ3) is 4.32. The Morgan fingerprint density at radius 1 is 1.38 bits per heavy atom. The normalized spacial score (nSPS) is 20.8. The molecule has 0 aliphatic carbocycles. The SMILES string of the molecule is CCN(CC1CCCNC1)C(C)c1cc(F)c(Cl)cc1Cl. The van der Waals surface area contributed by atoms with Crippen LogP contribution in [0.1, 0.15) is 38.3 Å². The highest BCUT2D eigenvalue weighted by Gasteiger charge is 2.22. The summed E-state index contributed by atoms with van der Waals surface area (Å²) in [5, 5.41) is 4.06. The lowest BCUT2D eigenvalue weighted by molar-refractivity contribution is 0.171. The van der Waals surface area contributed by atoms with Gasteiger partial charge in [-0.25, -0.2) is 4.39 Å². The Hall–Kier alpha value is -0.350. The number of hydrogen-bond donors (Lipinski definition) is 1. The van der Waals surface area contributed by atoms with Gasteiger partial charge >= 0.3 is 0 Å². The Morgan fingerprint density at radius 2 is 2.14 bits per heavy atom. The van der Waals surface area contributed by atoms with Crippen LogP contribution < -0.4 is 5.32 Å². The van der Waals surface area contributed by atoms with Gasteiger partial charge in [-0.05, 0) is 63.0 Å². The largest absolute Gasteiger partial charge is 0.316 e. The second kappa shape index (κ2) is 7.77. The molecule has 1 fully saturated rings. The molecular weight excluding hydrogens is 310 g/mol. The number of benzene rings is 1. The molecule has 0 amide bonds. The topological polar surface area (TPSA) is 15.3 Å². The highest BCUT2D eigenvalue weighted by molar-refractivity contribution is 6.35. The van der Waals surface area contributed by atoms with Crippen molar-refractivity contribution in [2.45, 2.75) is 32.7 Å². The fraction of sp³-hybridized carbons (Fsp3) is 0.625. The first-order valence-corrected chi connectivity index (χ1v) is 8.37. The van der Waals surface area contributed by atoms with E-state index in [2.05, 4.69) is 24.1 Å². The van der Waals surface area contributed by atoms with Crippen molar-refractivity contribution in [3.8, 4) is 0 Å². The molecule has 5 heteroatoms. The van der Waals surface area contributed by atoms with E-state index in [0.29, 0.717) is 10.9 Å². The van der Waals surface area contributed by atoms with Gasteiger partial charge in [0.2, 0.25) is 0 Å². The summed E-state index contributed by atoms with van der Waals surface area (Å²) in [6.45, 7) is 8.31. The van der Waals surface area contributed by atoms with Gasteiger partial charge in [-0.2, -0.15) is 0 Å². The summed E-state index contributed by atoms with van der Waals surface area (Å²) in [6.07, 6.45) is 2.48. The van der Waals surface area contributed by atoms with Crippen LogP contribution in [0.5, 0.6) is 0 Å². The van der Waals surface area contributed by atoms with Gasteiger partial charge in [0, 0.05) is 17.6 Å². The van der Waals surface area contributed by atoms with E-state index in [1.54, 1.807) is 0 Å². The Balaban J connectivity index is 2.11. The molecule has 1 aromatic rings. The molecule has 118 valence electrons. The lowest BCUT2D eigenvalue weighted by atomic mass is 9.97. The molecule has 1 N–H and O–H groups in total. The molecule has 1 aliphatic heterocycles. The summed E-state index contributed by atoms with van der Waals surface area (Å²) in [7, 11) is 0. The standard InChI is InChI=1S/C16H23Cl2FN2/c1-3-21(10-12-5-4-6-20-9-12)11(2)13-7-16(19)15(18)8-14(13)17/h7-8,11-12,20H,3-6,9-10H2,1-2H3. The van der Waals surface area contributed by atoms with E-state index >= 15 is 0 Å². The molecule has 2 nitrogen and oxygen atoms in total. The average molecular weight is 333 g/mol. The smallest absolute Gasteiger partial charge is 0.142 e. The van der Waals surface area contributed by atoms with Crippen LogP contribution in [0.2, 0.25) is 10.0 Å². The van der Waals surface area contributed by atoms with Gasteiger partial charge in [-0.3, -0.25) is 4.90 Å². The maximum Gasteiger partial charge on any atom is 0.142 e. The number of hydrogen-bond acceptors (Lipinski definition) is 2. The zero-order valence-electron chi connectivity index (χ0n) is 12.6. The number of halogens is 3. The number of nitrogens with one attached hydrogen (secondary N) is 1. The summed E-state index contributed by atoms with van der Waals surface area (Å²) in [5.74, 6) is 0.246. The fourth-order valence-corrected chi connectivity index (χ4v) is 3.57. The van der Waals surface area contributed by atoms with Gasteiger partial charge in [0.15, 0.2) is 0 Å². The molecule has 0 bridgehead atoms. The summed E-state index contributed by atoms with van der Waals surface area (Å²) in [6, 6.07) is 3.05. The van der Waals surface area contributed by atoms with Crippen molar-refractivity contribution >= 4 is 23.2 Å². The highest BCUT2D eigenvalue weighted by Crippen LogP contribution is 2.32. The van der Waals surface area contributed by atoms with E-state index in [4.69, 9.17) is 23.2 Å². The Labute approximate surface area is 136 Å². The second-order valence-corrected chi connectivity index (χ2v) is 6.58. The van der Waals surface area contributed by atoms with Gasteiger partial charge in [0.1, 0.15) is 5.82 Å². The van der Waals surface area contributed by atoms with E-state index in [9.17, 15) is 4.39 Å². The van der Waals surface area contributed by atoms with Gasteiger partial charge in [0.25, 0.3) is 0 Å². The predicted molar refractivity (Wildman–Crippen MR) is 87.7 cm³/mol. The monoisotopic (exact) mass is 332 g/mol. The Morgan fingerprint density at radius 3 is 2.76 bits per heavy atom. The Kier molecular flexibility index (Phi) is 6.30. The van der Waals surface area contributed by atoms with Crippen LogP contribution in [-0.4, -0.2) is 31.1 Å². The van der Waals surface area contributed by atoms with Crippen molar-refractivity contribution in [1.29, 1.82) is 0 Å². The van der Waals surface area contributed by atoms with Crippen LogP contribution in [0.25, 0.3) is 0 Å². The van der Waals surface area contributed by atoms with Crippen LogP contribution in [0.3, 0.4) is 0 Å². The molecule has 21 heavy (non-hydrogen) atoms. The van der Waals surface area contributed by atoms with Gasteiger partial charge < -0.3 is 5.32 Å². The number of rotatable bonds is 5. The van der Waals surface area contributed by atoms with E-state index in [1.807, 2.05) is 0 Å². The fourth-order valence-electron chi connectivity index (χ4n) is 3.03. The summed E-state index contributed by atoms with van der Waals surface area (Å²) < 4.78 is 13.7. The van der Waals surface area contributed by atoms with Crippen molar-refractivity contribution in [3.63, 3.8) is 0 Å². The first kappa shape index (κ1) is 17.0. The first-order chi connectivity index (χ1) is 10.0. The number of nitrogens with zero attached hydrogens (tertiary/aromatic N) is 1. The molecule has 1 aliphatic rings. The van der Waals surface area contributed by atoms with Crippen molar-refractivity contribution in [2.75, 3.05) is 26.2 Å². The van der Waals surface area contributed by atoms with Crippen molar-refractivity contribution < 1.29 is 4.39 Å². The minimum atomic E-state index is -0.404. The summed E-state index contributed by atoms with van der Waals surface area (Å²) in [4.78, 5) is 2.35. The van der Waals surface area contributed by atoms with E-state index in [1.165, 1.54) is 25.0 Å². The molecule has 2 unspecified atom stereocenters. The quantitative estimate of drug-likeness (QED) is 0.797. The van der Waals surface area contributed by atoms with Gasteiger partial charge in [-0.15, -0.1) is 0 Å². The van der Waals surface area contributed by atoms with Crippen molar-refractivity contribution in [1.82, 2.24) is 10.2 Å². The van der Waals surface area contributed by atoms with Crippen molar-refractivity contribution in [3.05, 3.63) is 33.6 Å². The van der Waals surface area contributed by atoms with Crippen molar-refractivity contribution in [2.24, 2.45) is 5.92 Å². The summed E-state index contributed by atoms with van der Waals surface area (Å²) in [5.41, 5.74) is 0.809. The minimum Gasteiger partial charge on any atom is -0.316 e. The molecular formula is C16H23Cl2FN2. The molecule has 0 radical (unpaired) electrons. The molecule has 0 aromatic heterocycles. The van der Waals surface area contributed by atoms with E-state index < -0.39 is 5.82 Å². The summed E-state index contributed by atoms with van der Waals surface area (Å²) >= 11 is 12.0. The predicted octanol–water partition coefficient (Wildman–Crippen LogP) is 4.52. The maximum absolute atomic E-state index is 13.7. The molecule has 1 heterocycles. The molecule has 2 atom stereocenters. The molecule has 2 rings (SSSR count). The minimum absolute atomic E-state index is 0.0791. The van der Waals surface area contributed by atoms with Crippen LogP contribution in [0.4, 0.5) is 4.39 Å². The van der Waals surface area contributed by atoms with Crippen LogP contribution in [0, 0.1) is 11.7 Å². The van der Waals surface area contributed by atoms with Crippen LogP contribution in [0.15, 0.2) is 12.1 Å². The average Bonchev–Trinajstić information content (AvgIpc) is 2.49. The first-order valence-electron chi connectivity index (χ1n) is 7.62. The van der Waals surface area contributed by atoms with Gasteiger partial charge in [-0.1, -0.05) is 30.1 Å². The lowest BCUT2D eigenvalue weighted by Crippen LogP contribution is -2.39. The van der Waals surface area contributed by atoms with Gasteiger partial charge in [0.05, 0.1) is 5.02 Å². The zero-order valence-corrected chi connectivity index (χ0v) is 14.1. The zero-order chi connectivity index (χ0) is 15.4. The Bertz CT molecular complexity index is 476. The molecule has 1 saturated heterocycles. The maximum atomic E-state index is 13.7. The highest BCUT2D eigenvalue weighted by atomic mass is 35.5. The molecule has 1 aromatic carbocycles. The van der Waals surface area contributed by atoms with Crippen LogP contribution >= 0.6 is 23.2 Å². The van der Waals surface area contributed by atoms with E-state index in [0.717, 1.165) is 31.7 Å². The van der Waals surface area contributed by atoms with E-state index in [-0.39, 0.29) is 11.1 Å². The van der Waals surface area contributed by atoms with Crippen LogP contribution in [-0.2, 0) is 0 Å². The number of piperidine rings is 1.